The van der Waals surface area contributed by atoms with Crippen molar-refractivity contribution in [2.24, 2.45) is 7.05 Å². The van der Waals surface area contributed by atoms with E-state index in [1.54, 1.807) is 0 Å². The van der Waals surface area contributed by atoms with E-state index in [1.165, 1.54) is 11.4 Å². The van der Waals surface area contributed by atoms with E-state index in [9.17, 15) is 0 Å². The number of nitrogens with zero attached hydrogens (tertiary/aromatic N) is 2. The van der Waals surface area contributed by atoms with Crippen LogP contribution < -0.4 is 11.1 Å². The molecule has 0 fully saturated rings. The lowest BCUT2D eigenvalue weighted by molar-refractivity contribution is 0.610. The van der Waals surface area contributed by atoms with E-state index in [0.29, 0.717) is 0 Å². The fourth-order valence-electron chi connectivity index (χ4n) is 2.54. The predicted molar refractivity (Wildman–Crippen MR) is 72.3 cm³/mol. The molecule has 4 heteroatoms. The van der Waals surface area contributed by atoms with Gasteiger partial charge >= 0.3 is 0 Å². The first-order valence-electron chi connectivity index (χ1n) is 6.33. The highest BCUT2D eigenvalue weighted by Crippen LogP contribution is 2.19. The third-order valence-electron chi connectivity index (χ3n) is 3.62. The summed E-state index contributed by atoms with van der Waals surface area (Å²) < 4.78 is 2.22. The molecule has 0 unspecified atom stereocenters. The fraction of sp³-hybridized carbons (Fsp3) is 0.357. The molecule has 1 aromatic heterocycles. The molecule has 0 radical (unpaired) electrons. The van der Waals surface area contributed by atoms with Crippen molar-refractivity contribution in [3.63, 3.8) is 0 Å². The molecular formula is C14H18N4. The van der Waals surface area contributed by atoms with Gasteiger partial charge in [-0.3, -0.25) is 0 Å². The zero-order valence-electron chi connectivity index (χ0n) is 10.6. The van der Waals surface area contributed by atoms with E-state index in [-0.39, 0.29) is 0 Å². The summed E-state index contributed by atoms with van der Waals surface area (Å²) >= 11 is 0. The monoisotopic (exact) mass is 242 g/mol. The van der Waals surface area contributed by atoms with Gasteiger partial charge in [0.1, 0.15) is 5.82 Å². The molecule has 4 nitrogen and oxygen atoms in total. The van der Waals surface area contributed by atoms with Gasteiger partial charge in [-0.05, 0) is 11.6 Å². The molecule has 0 amide bonds. The standard InChI is InChI=1S/C14H18N4/c1-18-13-6-7-16-9-12(13)17-14(18)8-10-4-2-3-5-11(10)15/h2-5,16H,6-9,15H2,1H3. The molecule has 18 heavy (non-hydrogen) atoms. The predicted octanol–water partition coefficient (Wildman–Crippen LogP) is 1.24. The molecule has 2 heterocycles. The summed E-state index contributed by atoms with van der Waals surface area (Å²) in [5, 5.41) is 3.36. The molecule has 2 aromatic rings. The third-order valence-corrected chi connectivity index (χ3v) is 3.62. The van der Waals surface area contributed by atoms with Gasteiger partial charge in [-0.2, -0.15) is 0 Å². The van der Waals surface area contributed by atoms with Gasteiger partial charge in [0.05, 0.1) is 5.69 Å². The molecule has 3 N–H and O–H groups in total. The summed E-state index contributed by atoms with van der Waals surface area (Å²) in [5.74, 6) is 1.10. The van der Waals surface area contributed by atoms with E-state index in [1.807, 2.05) is 18.2 Å². The highest BCUT2D eigenvalue weighted by atomic mass is 15.1. The molecule has 0 saturated heterocycles. The molecule has 3 rings (SSSR count). The number of anilines is 1. The zero-order valence-corrected chi connectivity index (χ0v) is 10.6. The number of fused-ring (bicyclic) bond motifs is 1. The molecule has 1 aliphatic heterocycles. The maximum atomic E-state index is 5.99. The van der Waals surface area contributed by atoms with Gasteiger partial charge in [0.15, 0.2) is 0 Å². The summed E-state index contributed by atoms with van der Waals surface area (Å²) in [4.78, 5) is 4.73. The number of hydrogen-bond acceptors (Lipinski definition) is 3. The van der Waals surface area contributed by atoms with Crippen LogP contribution >= 0.6 is 0 Å². The van der Waals surface area contributed by atoms with Crippen LogP contribution in [0.15, 0.2) is 24.3 Å². The van der Waals surface area contributed by atoms with Crippen LogP contribution in [0.1, 0.15) is 22.8 Å². The molecule has 0 bridgehead atoms. The quantitative estimate of drug-likeness (QED) is 0.779. The largest absolute Gasteiger partial charge is 0.398 e. The third kappa shape index (κ3) is 1.88. The first kappa shape index (κ1) is 11.3. The second-order valence-electron chi connectivity index (χ2n) is 4.78. The number of aromatic nitrogens is 2. The van der Waals surface area contributed by atoms with Gasteiger partial charge in [-0.25, -0.2) is 4.98 Å². The van der Waals surface area contributed by atoms with E-state index in [2.05, 4.69) is 23.0 Å². The molecule has 1 aromatic carbocycles. The van der Waals surface area contributed by atoms with Gasteiger partial charge in [0, 0.05) is 44.4 Å². The highest BCUT2D eigenvalue weighted by Gasteiger charge is 2.17. The van der Waals surface area contributed by atoms with Gasteiger partial charge in [-0.1, -0.05) is 18.2 Å². The van der Waals surface area contributed by atoms with Crippen molar-refractivity contribution in [3.05, 3.63) is 47.0 Å². The molecule has 0 saturated carbocycles. The zero-order chi connectivity index (χ0) is 12.5. The van der Waals surface area contributed by atoms with Gasteiger partial charge < -0.3 is 15.6 Å². The second kappa shape index (κ2) is 4.46. The smallest absolute Gasteiger partial charge is 0.113 e. The Morgan fingerprint density at radius 1 is 1.39 bits per heavy atom. The minimum absolute atomic E-state index is 0.802. The highest BCUT2D eigenvalue weighted by molar-refractivity contribution is 5.47. The van der Waals surface area contributed by atoms with Gasteiger partial charge in [0.25, 0.3) is 0 Å². The minimum Gasteiger partial charge on any atom is -0.398 e. The van der Waals surface area contributed by atoms with Gasteiger partial charge in [0.2, 0.25) is 0 Å². The average molecular weight is 242 g/mol. The summed E-state index contributed by atoms with van der Waals surface area (Å²) in [6.45, 7) is 1.92. The number of para-hydroxylation sites is 1. The molecular weight excluding hydrogens is 224 g/mol. The van der Waals surface area contributed by atoms with Crippen LogP contribution in [0, 0.1) is 0 Å². The van der Waals surface area contributed by atoms with Crippen molar-refractivity contribution in [2.45, 2.75) is 19.4 Å². The van der Waals surface area contributed by atoms with E-state index >= 15 is 0 Å². The Morgan fingerprint density at radius 3 is 3.00 bits per heavy atom. The molecule has 0 atom stereocenters. The lowest BCUT2D eigenvalue weighted by atomic mass is 10.1. The van der Waals surface area contributed by atoms with Crippen LogP contribution in [0.4, 0.5) is 5.69 Å². The van der Waals surface area contributed by atoms with Crippen molar-refractivity contribution in [2.75, 3.05) is 12.3 Å². The normalized spacial score (nSPS) is 14.5. The number of hydrogen-bond donors (Lipinski definition) is 2. The van der Waals surface area contributed by atoms with Gasteiger partial charge in [-0.15, -0.1) is 0 Å². The van der Waals surface area contributed by atoms with Crippen LogP contribution in [0.2, 0.25) is 0 Å². The van der Waals surface area contributed by atoms with E-state index in [4.69, 9.17) is 10.7 Å². The average Bonchev–Trinajstić information content (AvgIpc) is 2.70. The Hall–Kier alpha value is -1.81. The first-order valence-corrected chi connectivity index (χ1v) is 6.33. The number of rotatable bonds is 2. The van der Waals surface area contributed by atoms with Crippen molar-refractivity contribution >= 4 is 5.69 Å². The Bertz CT molecular complexity index is 571. The molecule has 0 aliphatic carbocycles. The summed E-state index contributed by atoms with van der Waals surface area (Å²) in [6.07, 6.45) is 1.86. The Morgan fingerprint density at radius 2 is 2.22 bits per heavy atom. The molecule has 1 aliphatic rings. The van der Waals surface area contributed by atoms with E-state index < -0.39 is 0 Å². The SMILES string of the molecule is Cn1c(Cc2ccccc2N)nc2c1CCNC2. The number of imidazole rings is 1. The van der Waals surface area contributed by atoms with Crippen LogP contribution in [0.25, 0.3) is 0 Å². The lowest BCUT2D eigenvalue weighted by Crippen LogP contribution is -2.24. The lowest BCUT2D eigenvalue weighted by Gasteiger charge is -2.13. The first-order chi connectivity index (χ1) is 8.75. The van der Waals surface area contributed by atoms with E-state index in [0.717, 1.165) is 43.0 Å². The fourth-order valence-corrected chi connectivity index (χ4v) is 2.54. The minimum atomic E-state index is 0.802. The maximum Gasteiger partial charge on any atom is 0.113 e. The number of nitrogens with one attached hydrogen (secondary N) is 1. The van der Waals surface area contributed by atoms with Crippen molar-refractivity contribution in [1.29, 1.82) is 0 Å². The number of benzene rings is 1. The maximum absolute atomic E-state index is 5.99. The molecule has 94 valence electrons. The van der Waals surface area contributed by atoms with Crippen molar-refractivity contribution in [3.8, 4) is 0 Å². The second-order valence-corrected chi connectivity index (χ2v) is 4.78. The summed E-state index contributed by atoms with van der Waals surface area (Å²) in [5.41, 5.74) is 10.5. The topological polar surface area (TPSA) is 55.9 Å². The van der Waals surface area contributed by atoms with Crippen LogP contribution in [-0.2, 0) is 26.4 Å². The Labute approximate surface area is 107 Å². The number of nitrogen functional groups attached to an aromatic ring is 1. The van der Waals surface area contributed by atoms with Crippen LogP contribution in [0.3, 0.4) is 0 Å². The van der Waals surface area contributed by atoms with Crippen molar-refractivity contribution in [1.82, 2.24) is 14.9 Å². The van der Waals surface area contributed by atoms with Crippen LogP contribution in [-0.4, -0.2) is 16.1 Å². The Kier molecular flexibility index (Phi) is 2.80. The summed E-state index contributed by atoms with van der Waals surface area (Å²) in [6, 6.07) is 8.00. The Balaban J connectivity index is 1.94. The summed E-state index contributed by atoms with van der Waals surface area (Å²) in [7, 11) is 2.10. The number of nitrogens with two attached hydrogens (primary N) is 1. The van der Waals surface area contributed by atoms with Crippen molar-refractivity contribution < 1.29 is 0 Å². The van der Waals surface area contributed by atoms with Crippen LogP contribution in [0.5, 0.6) is 0 Å². The molecule has 0 spiro atoms.